The molecule has 0 amide bonds. The molecular formula is C14H17BrO2. The number of halogens is 1. The van der Waals surface area contributed by atoms with E-state index in [1.54, 1.807) is 0 Å². The molecule has 2 aliphatic rings. The van der Waals surface area contributed by atoms with Crippen molar-refractivity contribution in [3.63, 3.8) is 0 Å². The van der Waals surface area contributed by atoms with Gasteiger partial charge in [0, 0.05) is 11.1 Å². The van der Waals surface area contributed by atoms with Gasteiger partial charge in [0.25, 0.3) is 0 Å². The van der Waals surface area contributed by atoms with Gasteiger partial charge in [0.05, 0.1) is 6.61 Å². The van der Waals surface area contributed by atoms with Gasteiger partial charge in [-0.15, -0.1) is 0 Å². The number of hydrogen-bond acceptors (Lipinski definition) is 2. The quantitative estimate of drug-likeness (QED) is 0.903. The Morgan fingerprint density at radius 3 is 2.82 bits per heavy atom. The molecule has 3 heteroatoms. The number of aliphatic hydroxyl groups excluding tert-OH is 1. The van der Waals surface area contributed by atoms with Gasteiger partial charge < -0.3 is 9.84 Å². The Labute approximate surface area is 110 Å². The summed E-state index contributed by atoms with van der Waals surface area (Å²) in [5.74, 6) is 2.72. The lowest BCUT2D eigenvalue weighted by Gasteiger charge is -2.11. The summed E-state index contributed by atoms with van der Waals surface area (Å²) in [6, 6.07) is 6.22. The van der Waals surface area contributed by atoms with Gasteiger partial charge in [-0.05, 0) is 60.8 Å². The van der Waals surface area contributed by atoms with Crippen molar-refractivity contribution in [3.05, 3.63) is 28.2 Å². The SMILES string of the molecule is OCC1CC1c1cc(Br)ccc1OCC1CC1. The van der Waals surface area contributed by atoms with Crippen molar-refractivity contribution in [3.8, 4) is 5.75 Å². The van der Waals surface area contributed by atoms with E-state index in [9.17, 15) is 5.11 Å². The highest BCUT2D eigenvalue weighted by Crippen LogP contribution is 2.50. The molecule has 92 valence electrons. The molecule has 2 unspecified atom stereocenters. The minimum Gasteiger partial charge on any atom is -0.493 e. The molecule has 0 aromatic heterocycles. The fraction of sp³-hybridized carbons (Fsp3) is 0.571. The van der Waals surface area contributed by atoms with Crippen molar-refractivity contribution in [2.24, 2.45) is 11.8 Å². The van der Waals surface area contributed by atoms with Crippen LogP contribution in [0.5, 0.6) is 5.75 Å². The summed E-state index contributed by atoms with van der Waals surface area (Å²) in [5, 5.41) is 9.17. The first kappa shape index (κ1) is 11.5. The van der Waals surface area contributed by atoms with Gasteiger partial charge in [0.2, 0.25) is 0 Å². The van der Waals surface area contributed by atoms with Crippen LogP contribution in [-0.2, 0) is 0 Å². The van der Waals surface area contributed by atoms with Crippen LogP contribution in [0.1, 0.15) is 30.7 Å². The number of benzene rings is 1. The van der Waals surface area contributed by atoms with E-state index in [0.29, 0.717) is 18.4 Å². The summed E-state index contributed by atoms with van der Waals surface area (Å²) in [5.41, 5.74) is 1.26. The van der Waals surface area contributed by atoms with Crippen LogP contribution in [-0.4, -0.2) is 18.3 Å². The number of rotatable bonds is 5. The van der Waals surface area contributed by atoms with Gasteiger partial charge in [0.15, 0.2) is 0 Å². The van der Waals surface area contributed by atoms with Gasteiger partial charge in [0.1, 0.15) is 5.75 Å². The van der Waals surface area contributed by atoms with Crippen LogP contribution in [0, 0.1) is 11.8 Å². The van der Waals surface area contributed by atoms with E-state index < -0.39 is 0 Å². The van der Waals surface area contributed by atoms with Crippen molar-refractivity contribution in [1.29, 1.82) is 0 Å². The van der Waals surface area contributed by atoms with Crippen LogP contribution in [0.2, 0.25) is 0 Å². The minimum atomic E-state index is 0.291. The smallest absolute Gasteiger partial charge is 0.122 e. The predicted octanol–water partition coefficient (Wildman–Crippen LogP) is 3.33. The van der Waals surface area contributed by atoms with Crippen LogP contribution in [0.4, 0.5) is 0 Å². The van der Waals surface area contributed by atoms with Crippen molar-refractivity contribution in [2.45, 2.75) is 25.2 Å². The molecule has 0 radical (unpaired) electrons. The maximum atomic E-state index is 9.17. The van der Waals surface area contributed by atoms with Crippen LogP contribution < -0.4 is 4.74 Å². The molecule has 0 heterocycles. The van der Waals surface area contributed by atoms with E-state index in [0.717, 1.165) is 29.2 Å². The fourth-order valence-electron chi connectivity index (χ4n) is 2.26. The molecule has 1 aromatic rings. The Kier molecular flexibility index (Phi) is 3.14. The Balaban J connectivity index is 1.75. The van der Waals surface area contributed by atoms with Crippen LogP contribution in [0.25, 0.3) is 0 Å². The Morgan fingerprint density at radius 2 is 2.18 bits per heavy atom. The predicted molar refractivity (Wildman–Crippen MR) is 70.3 cm³/mol. The average Bonchev–Trinajstić information content (AvgIpc) is 3.21. The highest BCUT2D eigenvalue weighted by Gasteiger charge is 2.39. The zero-order chi connectivity index (χ0) is 11.8. The summed E-state index contributed by atoms with van der Waals surface area (Å²) >= 11 is 3.51. The molecule has 0 saturated heterocycles. The third-order valence-electron chi connectivity index (χ3n) is 3.70. The highest BCUT2D eigenvalue weighted by molar-refractivity contribution is 9.10. The second-order valence-corrected chi connectivity index (χ2v) is 6.14. The summed E-state index contributed by atoms with van der Waals surface area (Å²) in [6.07, 6.45) is 3.72. The fourth-order valence-corrected chi connectivity index (χ4v) is 2.64. The van der Waals surface area contributed by atoms with E-state index >= 15 is 0 Å². The van der Waals surface area contributed by atoms with Gasteiger partial charge in [-0.25, -0.2) is 0 Å². The zero-order valence-electron chi connectivity index (χ0n) is 9.73. The minimum absolute atomic E-state index is 0.291. The summed E-state index contributed by atoms with van der Waals surface area (Å²) < 4.78 is 7.00. The van der Waals surface area contributed by atoms with Crippen molar-refractivity contribution >= 4 is 15.9 Å². The highest BCUT2D eigenvalue weighted by atomic mass is 79.9. The Hall–Kier alpha value is -0.540. The van der Waals surface area contributed by atoms with Crippen molar-refractivity contribution < 1.29 is 9.84 Å². The number of hydrogen-bond donors (Lipinski definition) is 1. The van der Waals surface area contributed by atoms with E-state index in [-0.39, 0.29) is 0 Å². The van der Waals surface area contributed by atoms with Crippen LogP contribution >= 0.6 is 15.9 Å². The molecule has 2 atom stereocenters. The topological polar surface area (TPSA) is 29.5 Å². The molecule has 2 nitrogen and oxygen atoms in total. The third kappa shape index (κ3) is 2.66. The maximum absolute atomic E-state index is 9.17. The van der Waals surface area contributed by atoms with E-state index in [1.807, 2.05) is 6.07 Å². The first-order chi connectivity index (χ1) is 8.28. The Morgan fingerprint density at radius 1 is 1.35 bits per heavy atom. The van der Waals surface area contributed by atoms with Gasteiger partial charge in [-0.1, -0.05) is 15.9 Å². The molecule has 17 heavy (non-hydrogen) atoms. The van der Waals surface area contributed by atoms with E-state index in [4.69, 9.17) is 4.74 Å². The molecular weight excluding hydrogens is 280 g/mol. The normalized spacial score (nSPS) is 26.9. The molecule has 2 aliphatic carbocycles. The molecule has 0 bridgehead atoms. The van der Waals surface area contributed by atoms with Crippen molar-refractivity contribution in [2.75, 3.05) is 13.2 Å². The lowest BCUT2D eigenvalue weighted by molar-refractivity contribution is 0.272. The average molecular weight is 297 g/mol. The molecule has 2 fully saturated rings. The first-order valence-electron chi connectivity index (χ1n) is 6.31. The van der Waals surface area contributed by atoms with Crippen LogP contribution in [0.3, 0.4) is 0 Å². The number of ether oxygens (including phenoxy) is 1. The lowest BCUT2D eigenvalue weighted by atomic mass is 10.1. The summed E-state index contributed by atoms with van der Waals surface area (Å²) in [6.45, 7) is 1.14. The standard InChI is InChI=1S/C14H17BrO2/c15-11-3-4-14(17-8-9-1-2-9)13(6-11)12-5-10(12)7-16/h3-4,6,9-10,12,16H,1-2,5,7-8H2. The molecule has 0 aliphatic heterocycles. The third-order valence-corrected chi connectivity index (χ3v) is 4.19. The van der Waals surface area contributed by atoms with E-state index in [2.05, 4.69) is 28.1 Å². The van der Waals surface area contributed by atoms with Gasteiger partial charge >= 0.3 is 0 Å². The number of aliphatic hydroxyl groups is 1. The van der Waals surface area contributed by atoms with Gasteiger partial charge in [-0.2, -0.15) is 0 Å². The molecule has 0 spiro atoms. The first-order valence-corrected chi connectivity index (χ1v) is 7.10. The van der Waals surface area contributed by atoms with E-state index in [1.165, 1.54) is 18.4 Å². The second kappa shape index (κ2) is 4.62. The summed E-state index contributed by atoms with van der Waals surface area (Å²) in [7, 11) is 0. The molecule has 1 N–H and O–H groups in total. The lowest BCUT2D eigenvalue weighted by Crippen LogP contribution is -2.02. The van der Waals surface area contributed by atoms with Crippen molar-refractivity contribution in [1.82, 2.24) is 0 Å². The van der Waals surface area contributed by atoms with Gasteiger partial charge in [-0.3, -0.25) is 0 Å². The molecule has 3 rings (SSSR count). The Bertz CT molecular complexity index is 415. The zero-order valence-corrected chi connectivity index (χ0v) is 11.3. The van der Waals surface area contributed by atoms with Crippen LogP contribution in [0.15, 0.2) is 22.7 Å². The monoisotopic (exact) mass is 296 g/mol. The molecule has 1 aromatic carbocycles. The maximum Gasteiger partial charge on any atom is 0.122 e. The summed E-state index contributed by atoms with van der Waals surface area (Å²) in [4.78, 5) is 0. The largest absolute Gasteiger partial charge is 0.493 e. The molecule has 2 saturated carbocycles. The second-order valence-electron chi connectivity index (χ2n) is 5.22.